The zero-order valence-corrected chi connectivity index (χ0v) is 16.4. The SMILES string of the molecule is Cc1nc2ncnn2c(N2CCCC(c3nnc4ccc(C(F)(F)F)cn34)C2)c1C. The van der Waals surface area contributed by atoms with Crippen LogP contribution in [0.15, 0.2) is 24.7 Å². The van der Waals surface area contributed by atoms with E-state index in [9.17, 15) is 13.2 Å². The van der Waals surface area contributed by atoms with Crippen LogP contribution >= 0.6 is 0 Å². The lowest BCUT2D eigenvalue weighted by Crippen LogP contribution is -2.37. The Hall–Kier alpha value is -3.24. The van der Waals surface area contributed by atoms with E-state index in [0.29, 0.717) is 23.8 Å². The van der Waals surface area contributed by atoms with Crippen molar-refractivity contribution < 1.29 is 13.2 Å². The number of nitrogens with zero attached hydrogens (tertiary/aromatic N) is 8. The van der Waals surface area contributed by atoms with Crippen LogP contribution in [-0.2, 0) is 6.18 Å². The normalized spacial score (nSPS) is 17.9. The Labute approximate surface area is 169 Å². The second-order valence-electron chi connectivity index (χ2n) is 7.60. The van der Waals surface area contributed by atoms with E-state index < -0.39 is 11.7 Å². The molecule has 8 nitrogen and oxygen atoms in total. The molecule has 5 heterocycles. The summed E-state index contributed by atoms with van der Waals surface area (Å²) in [5, 5.41) is 12.6. The largest absolute Gasteiger partial charge is 0.417 e. The summed E-state index contributed by atoms with van der Waals surface area (Å²) in [7, 11) is 0. The monoisotopic (exact) mass is 416 g/mol. The molecule has 1 atom stereocenters. The lowest BCUT2D eigenvalue weighted by Gasteiger charge is -2.34. The van der Waals surface area contributed by atoms with Gasteiger partial charge in [-0.2, -0.15) is 27.8 Å². The number of piperidine rings is 1. The Balaban J connectivity index is 1.54. The highest BCUT2D eigenvalue weighted by Crippen LogP contribution is 2.33. The molecule has 4 aromatic heterocycles. The van der Waals surface area contributed by atoms with Crippen molar-refractivity contribution in [3.8, 4) is 0 Å². The molecule has 156 valence electrons. The molecule has 1 fully saturated rings. The van der Waals surface area contributed by atoms with Crippen LogP contribution in [0.25, 0.3) is 11.4 Å². The van der Waals surface area contributed by atoms with Gasteiger partial charge in [-0.25, -0.2) is 4.98 Å². The first kappa shape index (κ1) is 18.8. The van der Waals surface area contributed by atoms with Crippen molar-refractivity contribution in [2.45, 2.75) is 38.8 Å². The molecule has 5 rings (SSSR count). The Morgan fingerprint density at radius 3 is 2.77 bits per heavy atom. The van der Waals surface area contributed by atoms with Crippen molar-refractivity contribution >= 4 is 17.2 Å². The third-order valence-electron chi connectivity index (χ3n) is 5.72. The van der Waals surface area contributed by atoms with Gasteiger partial charge in [0.05, 0.1) is 5.56 Å². The van der Waals surface area contributed by atoms with Crippen LogP contribution < -0.4 is 4.90 Å². The molecule has 0 bridgehead atoms. The molecule has 4 aromatic rings. The number of aryl methyl sites for hydroxylation is 1. The summed E-state index contributed by atoms with van der Waals surface area (Å²) in [4.78, 5) is 10.9. The molecule has 0 N–H and O–H groups in total. The average Bonchev–Trinajstić information content (AvgIpc) is 3.34. The van der Waals surface area contributed by atoms with E-state index in [2.05, 4.69) is 30.2 Å². The maximum Gasteiger partial charge on any atom is 0.417 e. The predicted molar refractivity (Wildman–Crippen MR) is 102 cm³/mol. The first-order valence-corrected chi connectivity index (χ1v) is 9.66. The Morgan fingerprint density at radius 2 is 1.97 bits per heavy atom. The predicted octanol–water partition coefficient (Wildman–Crippen LogP) is 3.19. The van der Waals surface area contributed by atoms with Crippen LogP contribution in [0, 0.1) is 13.8 Å². The smallest absolute Gasteiger partial charge is 0.355 e. The van der Waals surface area contributed by atoms with E-state index in [1.807, 2.05) is 13.8 Å². The van der Waals surface area contributed by atoms with Gasteiger partial charge in [-0.15, -0.1) is 10.2 Å². The summed E-state index contributed by atoms with van der Waals surface area (Å²) in [5.74, 6) is 1.91. The summed E-state index contributed by atoms with van der Waals surface area (Å²) in [6, 6.07) is 2.39. The zero-order valence-electron chi connectivity index (χ0n) is 16.4. The average molecular weight is 416 g/mol. The Kier molecular flexibility index (Phi) is 4.16. The van der Waals surface area contributed by atoms with Crippen LogP contribution in [0.1, 0.15) is 41.4 Å². The minimum absolute atomic E-state index is 0.0660. The molecule has 1 unspecified atom stereocenters. The van der Waals surface area contributed by atoms with Crippen LogP contribution in [-0.4, -0.2) is 47.3 Å². The van der Waals surface area contributed by atoms with Gasteiger partial charge in [-0.3, -0.25) is 4.40 Å². The summed E-state index contributed by atoms with van der Waals surface area (Å²) >= 11 is 0. The summed E-state index contributed by atoms with van der Waals surface area (Å²) in [6.07, 6.45) is -0.177. The Bertz CT molecular complexity index is 1240. The third-order valence-corrected chi connectivity index (χ3v) is 5.72. The number of aromatic nitrogens is 7. The van der Waals surface area contributed by atoms with E-state index >= 15 is 0 Å². The summed E-state index contributed by atoms with van der Waals surface area (Å²) in [5.41, 5.74) is 1.56. The first-order valence-electron chi connectivity index (χ1n) is 9.66. The molecule has 0 saturated carbocycles. The fourth-order valence-electron chi connectivity index (χ4n) is 4.12. The Morgan fingerprint density at radius 1 is 1.13 bits per heavy atom. The van der Waals surface area contributed by atoms with Crippen LogP contribution in [0.3, 0.4) is 0 Å². The maximum atomic E-state index is 13.2. The minimum Gasteiger partial charge on any atom is -0.355 e. The molecule has 0 aromatic carbocycles. The van der Waals surface area contributed by atoms with Crippen LogP contribution in [0.2, 0.25) is 0 Å². The van der Waals surface area contributed by atoms with Gasteiger partial charge in [0.15, 0.2) is 5.65 Å². The molecule has 0 spiro atoms. The van der Waals surface area contributed by atoms with E-state index in [1.54, 1.807) is 4.52 Å². The number of hydrogen-bond donors (Lipinski definition) is 0. The van der Waals surface area contributed by atoms with Gasteiger partial charge in [-0.05, 0) is 38.8 Å². The fourth-order valence-corrected chi connectivity index (χ4v) is 4.12. The number of alkyl halides is 3. The lowest BCUT2D eigenvalue weighted by atomic mass is 9.96. The highest BCUT2D eigenvalue weighted by Gasteiger charge is 2.33. The fraction of sp³-hybridized carbons (Fsp3) is 0.421. The molecule has 30 heavy (non-hydrogen) atoms. The molecule has 0 radical (unpaired) electrons. The molecule has 0 aliphatic carbocycles. The van der Waals surface area contributed by atoms with Gasteiger partial charge in [-0.1, -0.05) is 0 Å². The molecule has 1 aliphatic rings. The molecule has 1 aliphatic heterocycles. The molecular weight excluding hydrogens is 397 g/mol. The van der Waals surface area contributed by atoms with E-state index in [-0.39, 0.29) is 5.92 Å². The number of pyridine rings is 1. The number of fused-ring (bicyclic) bond motifs is 2. The zero-order chi connectivity index (χ0) is 21.0. The number of hydrogen-bond acceptors (Lipinski definition) is 6. The lowest BCUT2D eigenvalue weighted by molar-refractivity contribution is -0.137. The summed E-state index contributed by atoms with van der Waals surface area (Å²) < 4.78 is 42.8. The topological polar surface area (TPSA) is 76.5 Å². The highest BCUT2D eigenvalue weighted by molar-refractivity contribution is 5.54. The number of halogens is 3. The highest BCUT2D eigenvalue weighted by atomic mass is 19.4. The van der Waals surface area contributed by atoms with E-state index in [4.69, 9.17) is 0 Å². The van der Waals surface area contributed by atoms with Crippen molar-refractivity contribution in [3.05, 3.63) is 47.3 Å². The molecule has 0 amide bonds. The summed E-state index contributed by atoms with van der Waals surface area (Å²) in [6.45, 7) is 5.32. The van der Waals surface area contributed by atoms with Crippen molar-refractivity contribution in [1.29, 1.82) is 0 Å². The maximum absolute atomic E-state index is 13.2. The number of anilines is 1. The van der Waals surface area contributed by atoms with Gasteiger partial charge < -0.3 is 4.90 Å². The molecular formula is C19H19F3N8. The first-order chi connectivity index (χ1) is 14.3. The van der Waals surface area contributed by atoms with E-state index in [1.165, 1.54) is 16.8 Å². The third kappa shape index (κ3) is 2.96. The van der Waals surface area contributed by atoms with E-state index in [0.717, 1.165) is 48.7 Å². The minimum atomic E-state index is -4.42. The number of rotatable bonds is 2. The molecule has 11 heteroatoms. The van der Waals surface area contributed by atoms with Crippen molar-refractivity contribution in [2.75, 3.05) is 18.0 Å². The van der Waals surface area contributed by atoms with Crippen molar-refractivity contribution in [3.63, 3.8) is 0 Å². The van der Waals surface area contributed by atoms with Gasteiger partial charge in [0.1, 0.15) is 18.0 Å². The van der Waals surface area contributed by atoms with Gasteiger partial charge in [0.25, 0.3) is 5.78 Å². The van der Waals surface area contributed by atoms with Crippen LogP contribution in [0.5, 0.6) is 0 Å². The van der Waals surface area contributed by atoms with Crippen LogP contribution in [0.4, 0.5) is 19.0 Å². The second-order valence-corrected chi connectivity index (χ2v) is 7.60. The second kappa shape index (κ2) is 6.64. The van der Waals surface area contributed by atoms with Gasteiger partial charge in [0.2, 0.25) is 0 Å². The van der Waals surface area contributed by atoms with Gasteiger partial charge >= 0.3 is 6.18 Å². The van der Waals surface area contributed by atoms with Gasteiger partial charge in [0, 0.05) is 36.5 Å². The standard InChI is InChI=1S/C19H19F3N8/c1-11-12(2)25-18-23-10-24-30(18)17(11)28-7-3-4-13(8-28)16-27-26-15-6-5-14(9-29(15)16)19(20,21)22/h5-6,9-10,13H,3-4,7-8H2,1-2H3. The van der Waals surface area contributed by atoms with Crippen molar-refractivity contribution in [2.24, 2.45) is 0 Å². The quantitative estimate of drug-likeness (QED) is 0.500. The van der Waals surface area contributed by atoms with Crippen molar-refractivity contribution in [1.82, 2.24) is 34.2 Å². The molecule has 1 saturated heterocycles.